The van der Waals surface area contributed by atoms with Gasteiger partial charge in [0.1, 0.15) is 0 Å². The molecule has 2 rings (SSSR count). The zero-order valence-corrected chi connectivity index (χ0v) is 12.4. The highest BCUT2D eigenvalue weighted by Crippen LogP contribution is 2.11. The second kappa shape index (κ2) is 7.41. The standard InChI is InChI=1S/C16H25N3O/c1-13(2)19-9-8-15(12-19)17-11-16(20)18-10-14-6-4-3-5-7-14/h3-7,13,15,17H,8-12H2,1-2H3,(H,18,20). The SMILES string of the molecule is CC(C)N1CCC(NCC(=O)NCc2ccccc2)C1. The molecule has 1 aromatic carbocycles. The molecule has 1 saturated heterocycles. The molecule has 1 amide bonds. The lowest BCUT2D eigenvalue weighted by Gasteiger charge is -2.20. The smallest absolute Gasteiger partial charge is 0.234 e. The van der Waals surface area contributed by atoms with Gasteiger partial charge in [-0.3, -0.25) is 9.69 Å². The molecule has 0 aliphatic carbocycles. The normalized spacial score (nSPS) is 19.4. The van der Waals surface area contributed by atoms with Gasteiger partial charge in [0.05, 0.1) is 6.54 Å². The van der Waals surface area contributed by atoms with E-state index in [-0.39, 0.29) is 5.91 Å². The predicted molar refractivity (Wildman–Crippen MR) is 81.4 cm³/mol. The highest BCUT2D eigenvalue weighted by Gasteiger charge is 2.23. The quantitative estimate of drug-likeness (QED) is 0.824. The van der Waals surface area contributed by atoms with Gasteiger partial charge >= 0.3 is 0 Å². The van der Waals surface area contributed by atoms with E-state index in [0.29, 0.717) is 25.2 Å². The second-order valence-corrected chi connectivity index (χ2v) is 5.72. The molecule has 110 valence electrons. The van der Waals surface area contributed by atoms with Gasteiger partial charge in [0.15, 0.2) is 0 Å². The number of benzene rings is 1. The van der Waals surface area contributed by atoms with Crippen LogP contribution in [0.2, 0.25) is 0 Å². The number of carbonyl (C=O) groups excluding carboxylic acids is 1. The predicted octanol–water partition coefficient (Wildman–Crippen LogP) is 1.38. The van der Waals surface area contributed by atoms with Crippen molar-refractivity contribution >= 4 is 5.91 Å². The van der Waals surface area contributed by atoms with E-state index in [1.54, 1.807) is 0 Å². The van der Waals surface area contributed by atoms with Gasteiger partial charge in [-0.2, -0.15) is 0 Å². The summed E-state index contributed by atoms with van der Waals surface area (Å²) < 4.78 is 0. The summed E-state index contributed by atoms with van der Waals surface area (Å²) in [4.78, 5) is 14.2. The van der Waals surface area contributed by atoms with Crippen molar-refractivity contribution in [2.75, 3.05) is 19.6 Å². The first-order valence-electron chi connectivity index (χ1n) is 7.43. The van der Waals surface area contributed by atoms with Crippen LogP contribution in [0.15, 0.2) is 30.3 Å². The fourth-order valence-electron chi connectivity index (χ4n) is 2.52. The summed E-state index contributed by atoms with van der Waals surface area (Å²) in [5, 5.41) is 6.29. The van der Waals surface area contributed by atoms with Gasteiger partial charge < -0.3 is 10.6 Å². The van der Waals surface area contributed by atoms with Crippen LogP contribution in [0, 0.1) is 0 Å². The molecule has 1 aromatic rings. The van der Waals surface area contributed by atoms with Gasteiger partial charge in [-0.15, -0.1) is 0 Å². The molecule has 4 heteroatoms. The van der Waals surface area contributed by atoms with Gasteiger partial charge in [-0.05, 0) is 32.4 Å². The maximum absolute atomic E-state index is 11.8. The zero-order valence-electron chi connectivity index (χ0n) is 12.4. The number of amides is 1. The molecule has 0 saturated carbocycles. The van der Waals surface area contributed by atoms with Crippen molar-refractivity contribution in [3.05, 3.63) is 35.9 Å². The molecule has 0 bridgehead atoms. The highest BCUT2D eigenvalue weighted by molar-refractivity contribution is 5.78. The third-order valence-electron chi connectivity index (χ3n) is 3.83. The first kappa shape index (κ1) is 15.0. The Hall–Kier alpha value is -1.39. The number of rotatable bonds is 6. The average Bonchev–Trinajstić information content (AvgIpc) is 2.93. The van der Waals surface area contributed by atoms with E-state index in [1.165, 1.54) is 0 Å². The molecule has 2 N–H and O–H groups in total. The van der Waals surface area contributed by atoms with Crippen molar-refractivity contribution < 1.29 is 4.79 Å². The molecule has 1 unspecified atom stereocenters. The number of hydrogen-bond acceptors (Lipinski definition) is 3. The van der Waals surface area contributed by atoms with Crippen molar-refractivity contribution in [3.8, 4) is 0 Å². The largest absolute Gasteiger partial charge is 0.351 e. The Balaban J connectivity index is 1.63. The fraction of sp³-hybridized carbons (Fsp3) is 0.562. The molecule has 1 fully saturated rings. The Morgan fingerprint density at radius 1 is 1.35 bits per heavy atom. The maximum atomic E-state index is 11.8. The maximum Gasteiger partial charge on any atom is 0.234 e. The fourth-order valence-corrected chi connectivity index (χ4v) is 2.52. The number of likely N-dealkylation sites (tertiary alicyclic amines) is 1. The van der Waals surface area contributed by atoms with Crippen LogP contribution in [0.1, 0.15) is 25.8 Å². The highest BCUT2D eigenvalue weighted by atomic mass is 16.1. The van der Waals surface area contributed by atoms with Gasteiger partial charge in [0.25, 0.3) is 0 Å². The minimum absolute atomic E-state index is 0.0665. The van der Waals surface area contributed by atoms with Gasteiger partial charge in [-0.1, -0.05) is 30.3 Å². The van der Waals surface area contributed by atoms with Crippen molar-refractivity contribution in [2.45, 2.75) is 38.9 Å². The van der Waals surface area contributed by atoms with E-state index in [2.05, 4.69) is 29.4 Å². The summed E-state index contributed by atoms with van der Waals surface area (Å²) in [7, 11) is 0. The number of nitrogens with zero attached hydrogens (tertiary/aromatic N) is 1. The lowest BCUT2D eigenvalue weighted by Crippen LogP contribution is -2.41. The van der Waals surface area contributed by atoms with E-state index in [0.717, 1.165) is 25.1 Å². The molecule has 0 radical (unpaired) electrons. The van der Waals surface area contributed by atoms with Crippen LogP contribution in [0.3, 0.4) is 0 Å². The first-order chi connectivity index (χ1) is 9.65. The third-order valence-corrected chi connectivity index (χ3v) is 3.83. The van der Waals surface area contributed by atoms with E-state index in [9.17, 15) is 4.79 Å². The minimum atomic E-state index is 0.0665. The van der Waals surface area contributed by atoms with E-state index in [4.69, 9.17) is 0 Å². The summed E-state index contributed by atoms with van der Waals surface area (Å²) >= 11 is 0. The summed E-state index contributed by atoms with van der Waals surface area (Å²) in [6.07, 6.45) is 1.13. The second-order valence-electron chi connectivity index (χ2n) is 5.72. The monoisotopic (exact) mass is 275 g/mol. The Morgan fingerprint density at radius 3 is 2.75 bits per heavy atom. The number of nitrogens with one attached hydrogen (secondary N) is 2. The summed E-state index contributed by atoms with van der Waals surface area (Å²) in [6.45, 7) is 7.61. The minimum Gasteiger partial charge on any atom is -0.351 e. The number of hydrogen-bond donors (Lipinski definition) is 2. The molecule has 0 spiro atoms. The Bertz CT molecular complexity index is 419. The molecule has 1 aliphatic heterocycles. The molecule has 1 atom stereocenters. The van der Waals surface area contributed by atoms with E-state index >= 15 is 0 Å². The molecule has 1 aliphatic rings. The Kier molecular flexibility index (Phi) is 5.56. The molecular weight excluding hydrogens is 250 g/mol. The molecule has 1 heterocycles. The Labute approximate surface area is 121 Å². The van der Waals surface area contributed by atoms with Crippen LogP contribution < -0.4 is 10.6 Å². The van der Waals surface area contributed by atoms with Crippen molar-refractivity contribution in [1.29, 1.82) is 0 Å². The lowest BCUT2D eigenvalue weighted by molar-refractivity contribution is -0.120. The van der Waals surface area contributed by atoms with Gasteiger partial charge in [0, 0.05) is 25.2 Å². The summed E-state index contributed by atoms with van der Waals surface area (Å²) in [5.74, 6) is 0.0665. The van der Waals surface area contributed by atoms with Crippen LogP contribution >= 0.6 is 0 Å². The molecule has 20 heavy (non-hydrogen) atoms. The molecule has 4 nitrogen and oxygen atoms in total. The van der Waals surface area contributed by atoms with Crippen LogP contribution in [-0.2, 0) is 11.3 Å². The molecule has 0 aromatic heterocycles. The number of carbonyl (C=O) groups is 1. The van der Waals surface area contributed by atoms with Gasteiger partial charge in [-0.25, -0.2) is 0 Å². The van der Waals surface area contributed by atoms with Crippen LogP contribution in [0.5, 0.6) is 0 Å². The van der Waals surface area contributed by atoms with Crippen LogP contribution in [0.4, 0.5) is 0 Å². The summed E-state index contributed by atoms with van der Waals surface area (Å²) in [6, 6.07) is 11.0. The van der Waals surface area contributed by atoms with Gasteiger partial charge in [0.2, 0.25) is 5.91 Å². The summed E-state index contributed by atoms with van der Waals surface area (Å²) in [5.41, 5.74) is 1.13. The first-order valence-corrected chi connectivity index (χ1v) is 7.43. The molecular formula is C16H25N3O. The average molecular weight is 275 g/mol. The van der Waals surface area contributed by atoms with Crippen molar-refractivity contribution in [2.24, 2.45) is 0 Å². The third kappa shape index (κ3) is 4.62. The zero-order chi connectivity index (χ0) is 14.4. The topological polar surface area (TPSA) is 44.4 Å². The van der Waals surface area contributed by atoms with Crippen molar-refractivity contribution in [3.63, 3.8) is 0 Å². The Morgan fingerprint density at radius 2 is 2.10 bits per heavy atom. The van der Waals surface area contributed by atoms with E-state index in [1.807, 2.05) is 30.3 Å². The lowest BCUT2D eigenvalue weighted by atomic mass is 10.2. The van der Waals surface area contributed by atoms with Crippen LogP contribution in [0.25, 0.3) is 0 Å². The van der Waals surface area contributed by atoms with Crippen molar-refractivity contribution in [1.82, 2.24) is 15.5 Å². The van der Waals surface area contributed by atoms with Crippen LogP contribution in [-0.4, -0.2) is 42.5 Å². The van der Waals surface area contributed by atoms with E-state index < -0.39 is 0 Å².